The zero-order valence-electron chi connectivity index (χ0n) is 7.92. The van der Waals surface area contributed by atoms with Gasteiger partial charge in [0.25, 0.3) is 0 Å². The van der Waals surface area contributed by atoms with Gasteiger partial charge in [0.05, 0.1) is 6.07 Å². The highest BCUT2D eigenvalue weighted by molar-refractivity contribution is 5.13. The fourth-order valence-electron chi connectivity index (χ4n) is 1.19. The van der Waals surface area contributed by atoms with Crippen LogP contribution in [0.2, 0.25) is 0 Å². The van der Waals surface area contributed by atoms with Crippen molar-refractivity contribution in [1.29, 1.82) is 5.26 Å². The molecule has 74 valence electrons. The number of hydrogen-bond acceptors (Lipinski definition) is 5. The Balaban J connectivity index is 2.09. The van der Waals surface area contributed by atoms with Crippen LogP contribution in [0.5, 0.6) is 0 Å². The fourth-order valence-corrected chi connectivity index (χ4v) is 1.19. The monoisotopic (exact) mass is 200 g/mol. The molecule has 0 amide bonds. The smallest absolute Gasteiger partial charge is 0.240 e. The lowest BCUT2D eigenvalue weighted by atomic mass is 10.2. The summed E-state index contributed by atoms with van der Waals surface area (Å²) in [5, 5.41) is 12.2. The van der Waals surface area contributed by atoms with Crippen LogP contribution in [0.25, 0.3) is 0 Å². The Morgan fingerprint density at radius 1 is 1.47 bits per heavy atom. The summed E-state index contributed by atoms with van der Waals surface area (Å²) in [5.41, 5.74) is 1.02. The van der Waals surface area contributed by atoms with Gasteiger partial charge in [-0.05, 0) is 11.6 Å². The Labute approximate surface area is 86.4 Å². The highest BCUT2D eigenvalue weighted by Crippen LogP contribution is 2.05. The molecule has 0 aliphatic rings. The Bertz CT molecular complexity index is 472. The molecule has 2 rings (SSSR count). The number of nitrogens with zero attached hydrogens (tertiary/aromatic N) is 4. The zero-order valence-corrected chi connectivity index (χ0v) is 7.92. The summed E-state index contributed by atoms with van der Waals surface area (Å²) in [6.45, 7) is 0. The van der Waals surface area contributed by atoms with E-state index >= 15 is 0 Å². The van der Waals surface area contributed by atoms with E-state index < -0.39 is 0 Å². The van der Waals surface area contributed by atoms with E-state index in [0.29, 0.717) is 18.1 Å². The number of pyridine rings is 1. The van der Waals surface area contributed by atoms with Gasteiger partial charge in [-0.15, -0.1) is 0 Å². The van der Waals surface area contributed by atoms with Gasteiger partial charge in [-0.3, -0.25) is 4.98 Å². The molecule has 0 saturated carbocycles. The van der Waals surface area contributed by atoms with Crippen LogP contribution in [-0.4, -0.2) is 15.1 Å². The van der Waals surface area contributed by atoms with Gasteiger partial charge < -0.3 is 4.52 Å². The molecule has 0 aromatic carbocycles. The van der Waals surface area contributed by atoms with Crippen molar-refractivity contribution in [3.8, 4) is 6.07 Å². The predicted octanol–water partition coefficient (Wildman–Crippen LogP) is 1.12. The molecular weight excluding hydrogens is 192 g/mol. The van der Waals surface area contributed by atoms with Crippen LogP contribution >= 0.6 is 0 Å². The second kappa shape index (κ2) is 4.33. The van der Waals surface area contributed by atoms with E-state index in [1.807, 2.05) is 18.2 Å². The third-order valence-corrected chi connectivity index (χ3v) is 1.83. The van der Waals surface area contributed by atoms with Crippen LogP contribution < -0.4 is 0 Å². The number of rotatable bonds is 3. The van der Waals surface area contributed by atoms with E-state index in [9.17, 15) is 0 Å². The van der Waals surface area contributed by atoms with Crippen LogP contribution in [0, 0.1) is 11.3 Å². The first kappa shape index (κ1) is 9.34. The molecule has 5 nitrogen and oxygen atoms in total. The molecule has 0 N–H and O–H groups in total. The van der Waals surface area contributed by atoms with Crippen molar-refractivity contribution < 1.29 is 4.52 Å². The molecule has 0 saturated heterocycles. The maximum Gasteiger partial charge on any atom is 0.240 e. The van der Waals surface area contributed by atoms with Crippen molar-refractivity contribution in [3.05, 3.63) is 41.8 Å². The van der Waals surface area contributed by atoms with Crippen LogP contribution in [0.15, 0.2) is 29.0 Å². The predicted molar refractivity (Wildman–Crippen MR) is 50.7 cm³/mol. The lowest BCUT2D eigenvalue weighted by Gasteiger charge is -1.92. The third-order valence-electron chi connectivity index (χ3n) is 1.83. The number of hydrogen-bond donors (Lipinski definition) is 0. The second-order valence-electron chi connectivity index (χ2n) is 2.98. The number of aromatic nitrogens is 3. The van der Waals surface area contributed by atoms with E-state index in [1.165, 1.54) is 0 Å². The van der Waals surface area contributed by atoms with Gasteiger partial charge >= 0.3 is 0 Å². The maximum atomic E-state index is 8.43. The minimum atomic E-state index is 0.153. The van der Waals surface area contributed by atoms with Gasteiger partial charge in [0.1, 0.15) is 6.42 Å². The van der Waals surface area contributed by atoms with Gasteiger partial charge in [-0.25, -0.2) is 0 Å². The normalized spacial score (nSPS) is 9.80. The van der Waals surface area contributed by atoms with Crippen LogP contribution in [0.4, 0.5) is 0 Å². The van der Waals surface area contributed by atoms with Gasteiger partial charge in [0.15, 0.2) is 5.82 Å². The largest absolute Gasteiger partial charge is 0.338 e. The summed E-state index contributed by atoms with van der Waals surface area (Å²) in [6.07, 6.45) is 4.18. The molecule has 0 atom stereocenters. The highest BCUT2D eigenvalue weighted by atomic mass is 16.5. The first-order valence-corrected chi connectivity index (χ1v) is 4.46. The van der Waals surface area contributed by atoms with Crippen LogP contribution in [-0.2, 0) is 12.8 Å². The van der Waals surface area contributed by atoms with E-state index in [2.05, 4.69) is 15.1 Å². The average molecular weight is 200 g/mol. The van der Waals surface area contributed by atoms with E-state index in [4.69, 9.17) is 9.78 Å². The molecule has 2 heterocycles. The standard InChI is InChI=1S/C10H8N4O/c11-4-3-10-13-9(14-15-10)6-8-2-1-5-12-7-8/h1-2,5,7H,3,6H2. The fraction of sp³-hybridized carbons (Fsp3) is 0.200. The molecule has 0 aliphatic carbocycles. The molecule has 0 spiro atoms. The summed E-state index contributed by atoms with van der Waals surface area (Å²) >= 11 is 0. The third kappa shape index (κ3) is 2.38. The molecule has 2 aromatic rings. The van der Waals surface area contributed by atoms with Crippen molar-refractivity contribution in [2.75, 3.05) is 0 Å². The van der Waals surface area contributed by atoms with Gasteiger partial charge in [-0.2, -0.15) is 10.2 Å². The second-order valence-corrected chi connectivity index (χ2v) is 2.98. The molecule has 0 unspecified atom stereocenters. The minimum absolute atomic E-state index is 0.153. The van der Waals surface area contributed by atoms with E-state index in [0.717, 1.165) is 5.56 Å². The quantitative estimate of drug-likeness (QED) is 0.742. The lowest BCUT2D eigenvalue weighted by Crippen LogP contribution is -1.91. The molecule has 0 radical (unpaired) electrons. The van der Waals surface area contributed by atoms with Gasteiger partial charge in [0.2, 0.25) is 5.89 Å². The Morgan fingerprint density at radius 2 is 2.40 bits per heavy atom. The Hall–Kier alpha value is -2.22. The van der Waals surface area contributed by atoms with Gasteiger partial charge in [0, 0.05) is 18.8 Å². The van der Waals surface area contributed by atoms with Crippen molar-refractivity contribution in [1.82, 2.24) is 15.1 Å². The summed E-state index contributed by atoms with van der Waals surface area (Å²) in [5.74, 6) is 0.935. The van der Waals surface area contributed by atoms with E-state index in [1.54, 1.807) is 12.4 Å². The van der Waals surface area contributed by atoms with E-state index in [-0.39, 0.29) is 6.42 Å². The summed E-state index contributed by atoms with van der Waals surface area (Å²) in [4.78, 5) is 8.05. The maximum absolute atomic E-state index is 8.43. The molecule has 0 fully saturated rings. The lowest BCUT2D eigenvalue weighted by molar-refractivity contribution is 0.382. The van der Waals surface area contributed by atoms with Gasteiger partial charge in [-0.1, -0.05) is 11.2 Å². The van der Waals surface area contributed by atoms with Crippen molar-refractivity contribution >= 4 is 0 Å². The van der Waals surface area contributed by atoms with Crippen LogP contribution in [0.1, 0.15) is 17.3 Å². The molecular formula is C10H8N4O. The van der Waals surface area contributed by atoms with Crippen molar-refractivity contribution in [2.24, 2.45) is 0 Å². The SMILES string of the molecule is N#CCc1nc(Cc2cccnc2)no1. The molecule has 0 bridgehead atoms. The zero-order chi connectivity index (χ0) is 10.5. The average Bonchev–Trinajstić information content (AvgIpc) is 2.68. The molecule has 0 aliphatic heterocycles. The van der Waals surface area contributed by atoms with Crippen LogP contribution in [0.3, 0.4) is 0 Å². The first-order valence-electron chi connectivity index (χ1n) is 4.46. The summed E-state index contributed by atoms with van der Waals surface area (Å²) in [6, 6.07) is 5.74. The Morgan fingerprint density at radius 3 is 3.13 bits per heavy atom. The first-order chi connectivity index (χ1) is 7.38. The highest BCUT2D eigenvalue weighted by Gasteiger charge is 2.06. The topological polar surface area (TPSA) is 75.6 Å². The van der Waals surface area contributed by atoms with Crippen molar-refractivity contribution in [2.45, 2.75) is 12.8 Å². The summed E-state index contributed by atoms with van der Waals surface area (Å²) < 4.78 is 4.87. The minimum Gasteiger partial charge on any atom is -0.338 e. The molecule has 15 heavy (non-hydrogen) atoms. The van der Waals surface area contributed by atoms with Crippen molar-refractivity contribution in [3.63, 3.8) is 0 Å². The molecule has 2 aromatic heterocycles. The molecule has 5 heteroatoms. The Kier molecular flexibility index (Phi) is 2.70. The summed E-state index contributed by atoms with van der Waals surface area (Å²) in [7, 11) is 0. The number of nitriles is 1.